The Morgan fingerprint density at radius 1 is 1.27 bits per heavy atom. The van der Waals surface area contributed by atoms with Crippen molar-refractivity contribution in [1.82, 2.24) is 19.4 Å². The first-order valence-electron chi connectivity index (χ1n) is 7.40. The topological polar surface area (TPSA) is 60.2 Å². The second kappa shape index (κ2) is 5.79. The fourth-order valence-electron chi connectivity index (χ4n) is 3.07. The van der Waals surface area contributed by atoms with Crippen molar-refractivity contribution in [2.24, 2.45) is 0 Å². The van der Waals surface area contributed by atoms with Crippen LogP contribution in [-0.2, 0) is 0 Å². The van der Waals surface area contributed by atoms with E-state index in [1.807, 2.05) is 18.0 Å². The molecule has 1 atom stereocenters. The van der Waals surface area contributed by atoms with Crippen LogP contribution in [0.15, 0.2) is 24.5 Å². The van der Waals surface area contributed by atoms with E-state index in [-0.39, 0.29) is 5.91 Å². The smallest absolute Gasteiger partial charge is 0.255 e. The first-order chi connectivity index (χ1) is 10.6. The van der Waals surface area contributed by atoms with Gasteiger partial charge < -0.3 is 14.2 Å². The van der Waals surface area contributed by atoms with Crippen molar-refractivity contribution in [1.29, 1.82) is 0 Å². The highest BCUT2D eigenvalue weighted by atomic mass is 16.5. The monoisotopic (exact) mass is 300 g/mol. The van der Waals surface area contributed by atoms with Gasteiger partial charge in [-0.15, -0.1) is 0 Å². The SMILES string of the molecule is COc1ccc(C(=O)N2CCC(n3c(C)cnc3C)C2)cn1. The third kappa shape index (κ3) is 2.56. The highest BCUT2D eigenvalue weighted by molar-refractivity contribution is 5.94. The number of aromatic nitrogens is 3. The van der Waals surface area contributed by atoms with Crippen molar-refractivity contribution in [3.63, 3.8) is 0 Å². The Kier molecular flexibility index (Phi) is 3.83. The molecule has 2 aromatic rings. The molecule has 3 rings (SSSR count). The number of hydrogen-bond donors (Lipinski definition) is 0. The van der Waals surface area contributed by atoms with E-state index in [0.29, 0.717) is 24.0 Å². The van der Waals surface area contributed by atoms with Crippen LogP contribution in [0.5, 0.6) is 5.88 Å². The molecular weight excluding hydrogens is 280 g/mol. The molecule has 6 heteroatoms. The van der Waals surface area contributed by atoms with Crippen molar-refractivity contribution in [3.05, 3.63) is 41.6 Å². The van der Waals surface area contributed by atoms with Crippen LogP contribution in [-0.4, -0.2) is 45.5 Å². The second-order valence-corrected chi connectivity index (χ2v) is 5.60. The Bertz CT molecular complexity index is 658. The maximum Gasteiger partial charge on any atom is 0.255 e. The molecule has 1 aliphatic heterocycles. The van der Waals surface area contributed by atoms with Gasteiger partial charge in [0.2, 0.25) is 5.88 Å². The van der Waals surface area contributed by atoms with Crippen molar-refractivity contribution in [3.8, 4) is 5.88 Å². The van der Waals surface area contributed by atoms with Gasteiger partial charge in [0, 0.05) is 37.2 Å². The predicted molar refractivity (Wildman–Crippen MR) is 82.0 cm³/mol. The van der Waals surface area contributed by atoms with Gasteiger partial charge in [0.05, 0.1) is 18.7 Å². The minimum absolute atomic E-state index is 0.0214. The fraction of sp³-hybridized carbons (Fsp3) is 0.438. The molecule has 0 N–H and O–H groups in total. The van der Waals surface area contributed by atoms with Gasteiger partial charge in [-0.1, -0.05) is 0 Å². The van der Waals surface area contributed by atoms with Crippen LogP contribution in [0, 0.1) is 13.8 Å². The molecule has 116 valence electrons. The first-order valence-corrected chi connectivity index (χ1v) is 7.40. The summed E-state index contributed by atoms with van der Waals surface area (Å²) in [7, 11) is 1.56. The average molecular weight is 300 g/mol. The summed E-state index contributed by atoms with van der Waals surface area (Å²) in [6.07, 6.45) is 4.41. The number of hydrogen-bond acceptors (Lipinski definition) is 4. The number of aryl methyl sites for hydroxylation is 2. The number of ether oxygens (including phenoxy) is 1. The van der Waals surface area contributed by atoms with Gasteiger partial charge in [0.25, 0.3) is 5.91 Å². The molecule has 1 saturated heterocycles. The van der Waals surface area contributed by atoms with Crippen LogP contribution < -0.4 is 4.74 Å². The predicted octanol–water partition coefficient (Wildman–Crippen LogP) is 1.99. The zero-order chi connectivity index (χ0) is 15.7. The molecule has 0 radical (unpaired) electrons. The summed E-state index contributed by atoms with van der Waals surface area (Å²) in [5.74, 6) is 1.54. The highest BCUT2D eigenvalue weighted by Gasteiger charge is 2.29. The summed E-state index contributed by atoms with van der Waals surface area (Å²) in [5.41, 5.74) is 1.74. The quantitative estimate of drug-likeness (QED) is 0.870. The maximum atomic E-state index is 12.6. The molecule has 6 nitrogen and oxygen atoms in total. The number of methoxy groups -OCH3 is 1. The number of carbonyl (C=O) groups excluding carboxylic acids is 1. The number of imidazole rings is 1. The standard InChI is InChI=1S/C16H20N4O2/c1-11-8-17-12(2)20(11)14-6-7-19(10-14)16(21)13-4-5-15(22-3)18-9-13/h4-5,8-9,14H,6-7,10H2,1-3H3. The summed E-state index contributed by atoms with van der Waals surface area (Å²) in [5, 5.41) is 0. The molecular formula is C16H20N4O2. The Morgan fingerprint density at radius 2 is 2.09 bits per heavy atom. The number of carbonyl (C=O) groups is 1. The van der Waals surface area contributed by atoms with Crippen LogP contribution in [0.3, 0.4) is 0 Å². The Morgan fingerprint density at radius 3 is 2.68 bits per heavy atom. The van der Waals surface area contributed by atoms with Gasteiger partial charge >= 0.3 is 0 Å². The summed E-state index contributed by atoms with van der Waals surface area (Å²) in [4.78, 5) is 22.9. The molecule has 3 heterocycles. The molecule has 22 heavy (non-hydrogen) atoms. The number of nitrogens with zero attached hydrogens (tertiary/aromatic N) is 4. The summed E-state index contributed by atoms with van der Waals surface area (Å²) in [6.45, 7) is 5.53. The third-order valence-corrected chi connectivity index (χ3v) is 4.18. The summed E-state index contributed by atoms with van der Waals surface area (Å²) < 4.78 is 7.24. The second-order valence-electron chi connectivity index (χ2n) is 5.60. The van der Waals surface area contributed by atoms with Gasteiger partial charge in [-0.2, -0.15) is 0 Å². The lowest BCUT2D eigenvalue weighted by Crippen LogP contribution is -2.29. The van der Waals surface area contributed by atoms with Crippen molar-refractivity contribution < 1.29 is 9.53 Å². The van der Waals surface area contributed by atoms with Crippen molar-refractivity contribution in [2.45, 2.75) is 26.3 Å². The number of amides is 1. The Balaban J connectivity index is 1.73. The van der Waals surface area contributed by atoms with Crippen molar-refractivity contribution in [2.75, 3.05) is 20.2 Å². The van der Waals surface area contributed by atoms with E-state index in [0.717, 1.165) is 24.5 Å². The average Bonchev–Trinajstić information content (AvgIpc) is 3.13. The highest BCUT2D eigenvalue weighted by Crippen LogP contribution is 2.26. The molecule has 1 unspecified atom stereocenters. The van der Waals surface area contributed by atoms with Crippen LogP contribution in [0.4, 0.5) is 0 Å². The Hall–Kier alpha value is -2.37. The molecule has 0 aromatic carbocycles. The summed E-state index contributed by atoms with van der Waals surface area (Å²) >= 11 is 0. The van der Waals surface area contributed by atoms with Gasteiger partial charge in [-0.3, -0.25) is 4.79 Å². The zero-order valence-corrected chi connectivity index (χ0v) is 13.1. The molecule has 0 saturated carbocycles. The van der Waals surface area contributed by atoms with Crippen LogP contribution in [0.25, 0.3) is 0 Å². The van der Waals surface area contributed by atoms with Gasteiger partial charge in [-0.25, -0.2) is 9.97 Å². The van der Waals surface area contributed by atoms with Crippen molar-refractivity contribution >= 4 is 5.91 Å². The van der Waals surface area contributed by atoms with Gasteiger partial charge in [0.15, 0.2) is 0 Å². The van der Waals surface area contributed by atoms with Crippen LogP contribution in [0.2, 0.25) is 0 Å². The van der Waals surface area contributed by atoms with E-state index in [1.165, 1.54) is 0 Å². The molecule has 0 bridgehead atoms. The lowest BCUT2D eigenvalue weighted by Gasteiger charge is -2.19. The lowest BCUT2D eigenvalue weighted by molar-refractivity contribution is 0.0787. The van der Waals surface area contributed by atoms with E-state index in [9.17, 15) is 4.79 Å². The number of likely N-dealkylation sites (tertiary alicyclic amines) is 1. The molecule has 0 aliphatic carbocycles. The number of rotatable bonds is 3. The van der Waals surface area contributed by atoms with Gasteiger partial charge in [0.1, 0.15) is 5.82 Å². The maximum absolute atomic E-state index is 12.6. The van der Waals surface area contributed by atoms with E-state index >= 15 is 0 Å². The van der Waals surface area contributed by atoms with E-state index in [1.54, 1.807) is 25.4 Å². The molecule has 1 fully saturated rings. The molecule has 1 amide bonds. The van der Waals surface area contributed by atoms with E-state index in [4.69, 9.17) is 4.74 Å². The first kappa shape index (κ1) is 14.6. The minimum Gasteiger partial charge on any atom is -0.481 e. The van der Waals surface area contributed by atoms with Gasteiger partial charge in [-0.05, 0) is 26.3 Å². The lowest BCUT2D eigenvalue weighted by atomic mass is 10.2. The van der Waals surface area contributed by atoms with E-state index < -0.39 is 0 Å². The molecule has 0 spiro atoms. The molecule has 1 aliphatic rings. The van der Waals surface area contributed by atoms with Crippen LogP contribution in [0.1, 0.15) is 34.3 Å². The van der Waals surface area contributed by atoms with Crippen LogP contribution >= 0.6 is 0 Å². The normalized spacial score (nSPS) is 17.8. The Labute approximate surface area is 129 Å². The number of pyridine rings is 1. The third-order valence-electron chi connectivity index (χ3n) is 4.18. The fourth-order valence-corrected chi connectivity index (χ4v) is 3.07. The summed E-state index contributed by atoms with van der Waals surface area (Å²) in [6, 6.07) is 3.78. The van der Waals surface area contributed by atoms with E-state index in [2.05, 4.69) is 21.5 Å². The molecule has 2 aromatic heterocycles. The zero-order valence-electron chi connectivity index (χ0n) is 13.1. The minimum atomic E-state index is 0.0214. The largest absolute Gasteiger partial charge is 0.481 e.